The summed E-state index contributed by atoms with van der Waals surface area (Å²) >= 11 is 0. The summed E-state index contributed by atoms with van der Waals surface area (Å²) in [5.41, 5.74) is 4.76. The maximum absolute atomic E-state index is 13.5. The molecule has 0 bridgehead atoms. The second-order valence-corrected chi connectivity index (χ2v) is 8.58. The van der Waals surface area contributed by atoms with E-state index in [-0.39, 0.29) is 17.8 Å². The van der Waals surface area contributed by atoms with Crippen LogP contribution in [0.5, 0.6) is 0 Å². The molecule has 0 amide bonds. The van der Waals surface area contributed by atoms with Crippen molar-refractivity contribution >= 4 is 28.9 Å². The van der Waals surface area contributed by atoms with Crippen molar-refractivity contribution in [3.05, 3.63) is 92.1 Å². The minimum absolute atomic E-state index is 0.206. The van der Waals surface area contributed by atoms with Crippen molar-refractivity contribution in [1.29, 1.82) is 0 Å². The molecule has 2 aromatic carbocycles. The van der Waals surface area contributed by atoms with Crippen LogP contribution in [0.3, 0.4) is 0 Å². The zero-order valence-electron chi connectivity index (χ0n) is 19.2. The van der Waals surface area contributed by atoms with Crippen molar-refractivity contribution in [2.45, 2.75) is 33.4 Å². The molecule has 5 rings (SSSR count). The minimum Gasteiger partial charge on any atom is -0.312 e. The highest BCUT2D eigenvalue weighted by Gasteiger charge is 2.26. The lowest BCUT2D eigenvalue weighted by Crippen LogP contribution is -2.39. The van der Waals surface area contributed by atoms with Gasteiger partial charge in [-0.25, -0.2) is 4.79 Å². The van der Waals surface area contributed by atoms with Crippen molar-refractivity contribution in [3.63, 3.8) is 0 Å². The predicted octanol–water partition coefficient (Wildman–Crippen LogP) is 3.77. The molecule has 0 spiro atoms. The van der Waals surface area contributed by atoms with Gasteiger partial charge in [0.1, 0.15) is 0 Å². The Morgan fingerprint density at radius 1 is 1.00 bits per heavy atom. The third kappa shape index (κ3) is 3.59. The van der Waals surface area contributed by atoms with Crippen molar-refractivity contribution in [3.8, 4) is 0 Å². The number of hydrogen-bond donors (Lipinski definition) is 0. The van der Waals surface area contributed by atoms with Crippen LogP contribution in [0, 0.1) is 13.8 Å². The van der Waals surface area contributed by atoms with E-state index in [1.165, 1.54) is 20.3 Å². The number of aromatic nitrogens is 4. The van der Waals surface area contributed by atoms with Gasteiger partial charge in [-0.05, 0) is 49.1 Å². The van der Waals surface area contributed by atoms with Gasteiger partial charge in [0.05, 0.1) is 0 Å². The van der Waals surface area contributed by atoms with Gasteiger partial charge in [0.15, 0.2) is 11.2 Å². The highest BCUT2D eigenvalue weighted by atomic mass is 16.2. The van der Waals surface area contributed by atoms with Gasteiger partial charge in [-0.1, -0.05) is 48.6 Å². The predicted molar refractivity (Wildman–Crippen MR) is 132 cm³/mol. The molecule has 7 nitrogen and oxygen atoms in total. The molecule has 0 N–H and O–H groups in total. The molecular weight excluding hydrogens is 414 g/mol. The molecule has 0 radical (unpaired) electrons. The quantitative estimate of drug-likeness (QED) is 0.484. The normalized spacial score (nSPS) is 13.7. The molecule has 33 heavy (non-hydrogen) atoms. The number of imidazole rings is 1. The number of anilines is 2. The average molecular weight is 442 g/mol. The van der Waals surface area contributed by atoms with Gasteiger partial charge in [0, 0.05) is 32.4 Å². The molecule has 0 saturated heterocycles. The van der Waals surface area contributed by atoms with E-state index in [0.717, 1.165) is 24.2 Å². The lowest BCUT2D eigenvalue weighted by Gasteiger charge is -2.29. The first-order valence-corrected chi connectivity index (χ1v) is 11.2. The Labute approximate surface area is 191 Å². The van der Waals surface area contributed by atoms with Gasteiger partial charge in [0.2, 0.25) is 5.95 Å². The smallest absolute Gasteiger partial charge is 0.312 e. The third-order valence-corrected chi connectivity index (χ3v) is 6.42. The number of rotatable bonds is 4. The maximum atomic E-state index is 13.5. The molecule has 1 aliphatic rings. The van der Waals surface area contributed by atoms with E-state index in [1.807, 2.05) is 47.1 Å². The Kier molecular flexibility index (Phi) is 5.24. The van der Waals surface area contributed by atoms with Crippen LogP contribution < -0.4 is 16.1 Å². The molecule has 0 unspecified atom stereocenters. The summed E-state index contributed by atoms with van der Waals surface area (Å²) in [6, 6.07) is 16.2. The highest BCUT2D eigenvalue weighted by molar-refractivity contribution is 5.77. The Bertz CT molecular complexity index is 1490. The molecule has 1 aliphatic heterocycles. The molecule has 0 saturated carbocycles. The topological polar surface area (TPSA) is 65.1 Å². The average Bonchev–Trinajstić information content (AvgIpc) is 3.22. The Hall–Kier alpha value is -3.87. The van der Waals surface area contributed by atoms with Crippen LogP contribution in [0.25, 0.3) is 17.2 Å². The zero-order chi connectivity index (χ0) is 23.1. The van der Waals surface area contributed by atoms with E-state index in [2.05, 4.69) is 36.9 Å². The standard InChI is InChI=1S/C26H27N5O2/c1-18-12-13-21(17-19(18)2)29-15-8-16-30-22-23(27-25(29)30)28(3)26(33)31(24(22)32)14-7-11-20-9-5-4-6-10-20/h4-7,9-13,17H,8,14-16H2,1-3H3/b11-7+. The van der Waals surface area contributed by atoms with E-state index in [9.17, 15) is 9.59 Å². The van der Waals surface area contributed by atoms with Crippen molar-refractivity contribution in [2.75, 3.05) is 11.4 Å². The summed E-state index contributed by atoms with van der Waals surface area (Å²) in [5, 5.41) is 0. The Balaban J connectivity index is 1.61. The molecule has 4 aromatic rings. The highest BCUT2D eigenvalue weighted by Crippen LogP contribution is 2.31. The Morgan fingerprint density at radius 3 is 2.55 bits per heavy atom. The number of aryl methyl sites for hydroxylation is 4. The second kappa shape index (κ2) is 8.24. The molecular formula is C26H27N5O2. The summed E-state index contributed by atoms with van der Waals surface area (Å²) in [4.78, 5) is 33.4. The van der Waals surface area contributed by atoms with Gasteiger partial charge in [-0.3, -0.25) is 13.9 Å². The molecule has 3 heterocycles. The molecule has 7 heteroatoms. The zero-order valence-corrected chi connectivity index (χ0v) is 19.2. The van der Waals surface area contributed by atoms with Crippen molar-refractivity contribution in [2.24, 2.45) is 7.05 Å². The summed E-state index contributed by atoms with van der Waals surface area (Å²) in [7, 11) is 1.68. The summed E-state index contributed by atoms with van der Waals surface area (Å²) in [5.74, 6) is 0.712. The van der Waals surface area contributed by atoms with E-state index >= 15 is 0 Å². The van der Waals surface area contributed by atoms with Gasteiger partial charge < -0.3 is 9.47 Å². The fraction of sp³-hybridized carbons (Fsp3) is 0.269. The number of nitrogens with zero attached hydrogens (tertiary/aromatic N) is 5. The summed E-state index contributed by atoms with van der Waals surface area (Å²) in [6.45, 7) is 5.90. The van der Waals surface area contributed by atoms with Crippen LogP contribution in [0.4, 0.5) is 11.6 Å². The monoisotopic (exact) mass is 441 g/mol. The molecule has 0 fully saturated rings. The van der Waals surface area contributed by atoms with Gasteiger partial charge in [-0.2, -0.15) is 4.98 Å². The number of allylic oxidation sites excluding steroid dienone is 1. The molecule has 0 atom stereocenters. The summed E-state index contributed by atoms with van der Waals surface area (Å²) < 4.78 is 4.73. The van der Waals surface area contributed by atoms with E-state index in [1.54, 1.807) is 7.05 Å². The van der Waals surface area contributed by atoms with E-state index < -0.39 is 0 Å². The van der Waals surface area contributed by atoms with E-state index in [4.69, 9.17) is 4.98 Å². The van der Waals surface area contributed by atoms with Gasteiger partial charge in [0.25, 0.3) is 5.56 Å². The number of fused-ring (bicyclic) bond motifs is 3. The number of benzene rings is 2. The van der Waals surface area contributed by atoms with Crippen LogP contribution in [0.2, 0.25) is 0 Å². The second-order valence-electron chi connectivity index (χ2n) is 8.58. The lowest BCUT2D eigenvalue weighted by molar-refractivity contribution is 0.598. The summed E-state index contributed by atoms with van der Waals surface area (Å²) in [6.07, 6.45) is 4.66. The first-order valence-electron chi connectivity index (χ1n) is 11.2. The fourth-order valence-electron chi connectivity index (χ4n) is 4.42. The van der Waals surface area contributed by atoms with Crippen LogP contribution in [-0.4, -0.2) is 25.2 Å². The third-order valence-electron chi connectivity index (χ3n) is 6.42. The van der Waals surface area contributed by atoms with Crippen molar-refractivity contribution < 1.29 is 0 Å². The number of hydrogen-bond acceptors (Lipinski definition) is 4. The van der Waals surface area contributed by atoms with Gasteiger partial charge >= 0.3 is 5.69 Å². The Morgan fingerprint density at radius 2 is 1.79 bits per heavy atom. The van der Waals surface area contributed by atoms with Crippen LogP contribution >= 0.6 is 0 Å². The van der Waals surface area contributed by atoms with E-state index in [0.29, 0.717) is 23.7 Å². The van der Waals surface area contributed by atoms with Crippen molar-refractivity contribution in [1.82, 2.24) is 18.7 Å². The first kappa shape index (κ1) is 21.0. The largest absolute Gasteiger partial charge is 0.332 e. The SMILES string of the molecule is Cc1ccc(N2CCCn3c2nc2c3c(=O)n(C/C=C/c3ccccc3)c(=O)n2C)cc1C. The van der Waals surface area contributed by atoms with Crippen LogP contribution in [0.1, 0.15) is 23.1 Å². The molecule has 0 aliphatic carbocycles. The molecule has 168 valence electrons. The van der Waals surface area contributed by atoms with Crippen LogP contribution in [-0.2, 0) is 20.1 Å². The van der Waals surface area contributed by atoms with Gasteiger partial charge in [-0.15, -0.1) is 0 Å². The fourth-order valence-corrected chi connectivity index (χ4v) is 4.42. The first-order chi connectivity index (χ1) is 16.0. The lowest BCUT2D eigenvalue weighted by atomic mass is 10.1. The maximum Gasteiger partial charge on any atom is 0.332 e. The molecule has 2 aromatic heterocycles. The minimum atomic E-state index is -0.363. The van der Waals surface area contributed by atoms with Crippen LogP contribution in [0.15, 0.2) is 64.2 Å².